The Morgan fingerprint density at radius 2 is 2.11 bits per heavy atom. The van der Waals surface area contributed by atoms with E-state index in [1.165, 1.54) is 0 Å². The van der Waals surface area contributed by atoms with Gasteiger partial charge in [-0.25, -0.2) is 4.98 Å². The number of nitrogens with one attached hydrogen (secondary N) is 1. The van der Waals surface area contributed by atoms with Gasteiger partial charge in [0.05, 0.1) is 22.8 Å². The van der Waals surface area contributed by atoms with Gasteiger partial charge in [0.25, 0.3) is 11.8 Å². The summed E-state index contributed by atoms with van der Waals surface area (Å²) in [4.78, 5) is 31.5. The Morgan fingerprint density at radius 1 is 1.25 bits per heavy atom. The Labute approximate surface area is 161 Å². The molecule has 3 aromatic rings. The molecule has 5 rings (SSSR count). The summed E-state index contributed by atoms with van der Waals surface area (Å²) in [6.07, 6.45) is 1.82. The number of nitrogens with zero attached hydrogens (tertiary/aromatic N) is 3. The zero-order valence-corrected chi connectivity index (χ0v) is 15.5. The number of ether oxygens (including phenoxy) is 1. The molecule has 1 saturated heterocycles. The fourth-order valence-corrected chi connectivity index (χ4v) is 4.12. The number of rotatable bonds is 2. The van der Waals surface area contributed by atoms with E-state index in [1.54, 1.807) is 18.2 Å². The molecule has 1 atom stereocenters. The zero-order valence-electron chi connectivity index (χ0n) is 15.5. The molecule has 28 heavy (non-hydrogen) atoms. The summed E-state index contributed by atoms with van der Waals surface area (Å²) in [6, 6.07) is 13.1. The summed E-state index contributed by atoms with van der Waals surface area (Å²) >= 11 is 0. The number of amides is 2. The summed E-state index contributed by atoms with van der Waals surface area (Å²) in [5.74, 6) is 1.22. The smallest absolute Gasteiger partial charge is 0.262 e. The van der Waals surface area contributed by atoms with E-state index < -0.39 is 0 Å². The number of anilines is 1. The summed E-state index contributed by atoms with van der Waals surface area (Å²) < 4.78 is 7.46. The van der Waals surface area contributed by atoms with Gasteiger partial charge >= 0.3 is 0 Å². The molecular formula is C21H20N4O3. The van der Waals surface area contributed by atoms with Crippen molar-refractivity contribution in [3.63, 3.8) is 0 Å². The second kappa shape index (κ2) is 6.37. The minimum absolute atomic E-state index is 0.00120. The first-order chi connectivity index (χ1) is 13.6. The van der Waals surface area contributed by atoms with E-state index in [0.717, 1.165) is 29.7 Å². The minimum Gasteiger partial charge on any atom is -0.482 e. The van der Waals surface area contributed by atoms with Gasteiger partial charge in [0.15, 0.2) is 6.61 Å². The highest BCUT2D eigenvalue weighted by molar-refractivity contribution is 6.00. The molecule has 2 aliphatic rings. The predicted octanol–water partition coefficient (Wildman–Crippen LogP) is 2.88. The molecule has 1 N–H and O–H groups in total. The fourth-order valence-electron chi connectivity index (χ4n) is 4.12. The first-order valence-electron chi connectivity index (χ1n) is 9.41. The first kappa shape index (κ1) is 16.8. The van der Waals surface area contributed by atoms with E-state index in [0.29, 0.717) is 23.5 Å². The molecule has 7 nitrogen and oxygen atoms in total. The normalized spacial score (nSPS) is 18.7. The molecule has 0 bridgehead atoms. The lowest BCUT2D eigenvalue weighted by Gasteiger charge is -2.25. The first-order valence-corrected chi connectivity index (χ1v) is 9.41. The Hall–Kier alpha value is -3.35. The molecule has 0 unspecified atom stereocenters. The lowest BCUT2D eigenvalue weighted by molar-refractivity contribution is -0.118. The minimum atomic E-state index is -0.212. The molecule has 2 amide bonds. The summed E-state index contributed by atoms with van der Waals surface area (Å²) in [5.41, 5.74) is 3.08. The van der Waals surface area contributed by atoms with E-state index in [2.05, 4.69) is 9.88 Å². The van der Waals surface area contributed by atoms with Crippen LogP contribution >= 0.6 is 0 Å². The Morgan fingerprint density at radius 3 is 2.96 bits per heavy atom. The molecule has 0 spiro atoms. The van der Waals surface area contributed by atoms with Gasteiger partial charge in [-0.1, -0.05) is 12.1 Å². The molecule has 0 aliphatic carbocycles. The van der Waals surface area contributed by atoms with Gasteiger partial charge in [0, 0.05) is 19.2 Å². The van der Waals surface area contributed by atoms with Crippen molar-refractivity contribution in [2.75, 3.05) is 18.5 Å². The van der Waals surface area contributed by atoms with Crippen molar-refractivity contribution in [3.05, 3.63) is 53.9 Å². The number of carbonyl (C=O) groups is 2. The van der Waals surface area contributed by atoms with Crippen LogP contribution in [-0.4, -0.2) is 39.4 Å². The molecule has 2 aliphatic heterocycles. The van der Waals surface area contributed by atoms with E-state index in [9.17, 15) is 9.59 Å². The number of carbonyl (C=O) groups excluding carboxylic acids is 2. The third kappa shape index (κ3) is 2.62. The number of fused-ring (bicyclic) bond motifs is 2. The molecule has 1 fully saturated rings. The van der Waals surface area contributed by atoms with Crippen molar-refractivity contribution in [2.45, 2.75) is 18.9 Å². The monoisotopic (exact) mass is 376 g/mol. The SMILES string of the molecule is Cn1c([C@@H]2CCCN2C(=O)c2ccc3c(c2)NC(=O)CO3)nc2ccccc21. The third-order valence-electron chi connectivity index (χ3n) is 5.49. The highest BCUT2D eigenvalue weighted by Crippen LogP contribution is 2.35. The Bertz CT molecular complexity index is 1100. The van der Waals surface area contributed by atoms with Gasteiger partial charge in [0.1, 0.15) is 11.6 Å². The average Bonchev–Trinajstić information content (AvgIpc) is 3.32. The summed E-state index contributed by atoms with van der Waals surface area (Å²) in [6.45, 7) is 0.688. The van der Waals surface area contributed by atoms with Crippen LogP contribution in [0, 0.1) is 0 Å². The topological polar surface area (TPSA) is 76.5 Å². The lowest BCUT2D eigenvalue weighted by Crippen LogP contribution is -2.32. The van der Waals surface area contributed by atoms with Crippen LogP contribution in [0.1, 0.15) is 35.1 Å². The number of benzene rings is 2. The molecular weight excluding hydrogens is 356 g/mol. The maximum Gasteiger partial charge on any atom is 0.262 e. The van der Waals surface area contributed by atoms with Crippen molar-refractivity contribution in [3.8, 4) is 5.75 Å². The van der Waals surface area contributed by atoms with Gasteiger partial charge < -0.3 is 19.5 Å². The Balaban J connectivity index is 1.48. The number of imidazole rings is 1. The summed E-state index contributed by atoms with van der Waals surface area (Å²) in [5, 5.41) is 2.76. The Kier molecular flexibility index (Phi) is 3.82. The molecule has 3 heterocycles. The second-order valence-electron chi connectivity index (χ2n) is 7.22. The van der Waals surface area contributed by atoms with Crippen molar-refractivity contribution in [1.29, 1.82) is 0 Å². The average molecular weight is 376 g/mol. The molecule has 1 aromatic heterocycles. The maximum absolute atomic E-state index is 13.3. The third-order valence-corrected chi connectivity index (χ3v) is 5.49. The van der Waals surface area contributed by atoms with Gasteiger partial charge in [-0.05, 0) is 43.2 Å². The van der Waals surface area contributed by atoms with Crippen LogP contribution in [0.3, 0.4) is 0 Å². The molecule has 7 heteroatoms. The quantitative estimate of drug-likeness (QED) is 0.746. The van der Waals surface area contributed by atoms with E-state index in [-0.39, 0.29) is 24.5 Å². The number of likely N-dealkylation sites (tertiary alicyclic amines) is 1. The van der Waals surface area contributed by atoms with E-state index >= 15 is 0 Å². The zero-order chi connectivity index (χ0) is 19.3. The van der Waals surface area contributed by atoms with Crippen LogP contribution in [0.4, 0.5) is 5.69 Å². The van der Waals surface area contributed by atoms with Gasteiger partial charge in [0.2, 0.25) is 0 Å². The lowest BCUT2D eigenvalue weighted by atomic mass is 10.1. The highest BCUT2D eigenvalue weighted by atomic mass is 16.5. The van der Waals surface area contributed by atoms with Crippen LogP contribution in [-0.2, 0) is 11.8 Å². The maximum atomic E-state index is 13.3. The number of aryl methyl sites for hydroxylation is 1. The number of para-hydroxylation sites is 2. The van der Waals surface area contributed by atoms with Crippen LogP contribution < -0.4 is 10.1 Å². The standard InChI is InChI=1S/C21H20N4O3/c1-24-16-6-3-2-5-14(16)23-20(24)17-7-4-10-25(17)21(27)13-8-9-18-15(11-13)22-19(26)12-28-18/h2-3,5-6,8-9,11,17H,4,7,10,12H2,1H3,(H,22,26)/t17-/m0/s1. The van der Waals surface area contributed by atoms with Crippen LogP contribution in [0.25, 0.3) is 11.0 Å². The van der Waals surface area contributed by atoms with Crippen LogP contribution in [0.15, 0.2) is 42.5 Å². The second-order valence-corrected chi connectivity index (χ2v) is 7.22. The van der Waals surface area contributed by atoms with Gasteiger partial charge in [-0.15, -0.1) is 0 Å². The largest absolute Gasteiger partial charge is 0.482 e. The van der Waals surface area contributed by atoms with Gasteiger partial charge in [-0.2, -0.15) is 0 Å². The molecule has 0 radical (unpaired) electrons. The van der Waals surface area contributed by atoms with E-state index in [4.69, 9.17) is 9.72 Å². The van der Waals surface area contributed by atoms with Crippen molar-refractivity contribution in [2.24, 2.45) is 7.05 Å². The predicted molar refractivity (Wildman–Crippen MR) is 104 cm³/mol. The molecule has 142 valence electrons. The molecule has 2 aromatic carbocycles. The summed E-state index contributed by atoms with van der Waals surface area (Å²) in [7, 11) is 2.00. The molecule has 0 saturated carbocycles. The van der Waals surface area contributed by atoms with Crippen LogP contribution in [0.2, 0.25) is 0 Å². The highest BCUT2D eigenvalue weighted by Gasteiger charge is 2.34. The van der Waals surface area contributed by atoms with Gasteiger partial charge in [-0.3, -0.25) is 9.59 Å². The van der Waals surface area contributed by atoms with Crippen LogP contribution in [0.5, 0.6) is 5.75 Å². The fraction of sp³-hybridized carbons (Fsp3) is 0.286. The van der Waals surface area contributed by atoms with Crippen molar-refractivity contribution >= 4 is 28.5 Å². The van der Waals surface area contributed by atoms with Crippen molar-refractivity contribution in [1.82, 2.24) is 14.5 Å². The van der Waals surface area contributed by atoms with E-state index in [1.807, 2.05) is 36.2 Å². The van der Waals surface area contributed by atoms with Crippen molar-refractivity contribution < 1.29 is 14.3 Å². The number of hydrogen-bond acceptors (Lipinski definition) is 4. The number of aromatic nitrogens is 2. The number of hydrogen-bond donors (Lipinski definition) is 1.